The molecule has 4 aromatic rings. The summed E-state index contributed by atoms with van der Waals surface area (Å²) in [7, 11) is 0. The fourth-order valence-electron chi connectivity index (χ4n) is 2.22. The van der Waals surface area contributed by atoms with E-state index in [9.17, 15) is 0 Å². The van der Waals surface area contributed by atoms with Crippen LogP contribution in [0.1, 0.15) is 5.69 Å². The van der Waals surface area contributed by atoms with Crippen LogP contribution in [0.25, 0.3) is 33.1 Å². The van der Waals surface area contributed by atoms with Gasteiger partial charge < -0.3 is 0 Å². The van der Waals surface area contributed by atoms with Gasteiger partial charge in [-0.1, -0.05) is 12.1 Å². The molecule has 4 nitrogen and oxygen atoms in total. The van der Waals surface area contributed by atoms with Gasteiger partial charge in [0.25, 0.3) is 0 Å². The van der Waals surface area contributed by atoms with Crippen LogP contribution < -0.4 is 0 Å². The molecule has 90 valence electrons. The summed E-state index contributed by atoms with van der Waals surface area (Å²) in [4.78, 5) is 18.1. The molecule has 0 saturated carbocycles. The largest absolute Gasteiger partial charge is 0.253 e. The lowest BCUT2D eigenvalue weighted by Crippen LogP contribution is -1.91. The van der Waals surface area contributed by atoms with Gasteiger partial charge in [0.05, 0.1) is 38.8 Å². The van der Waals surface area contributed by atoms with Gasteiger partial charge >= 0.3 is 0 Å². The van der Waals surface area contributed by atoms with E-state index in [1.807, 2.05) is 43.3 Å². The van der Waals surface area contributed by atoms with E-state index >= 15 is 0 Å². The molecule has 0 aliphatic rings. The predicted molar refractivity (Wildman–Crippen MR) is 74.9 cm³/mol. The average molecular weight is 246 g/mol. The van der Waals surface area contributed by atoms with Crippen LogP contribution in [-0.4, -0.2) is 19.9 Å². The molecule has 2 aromatic heterocycles. The number of para-hydroxylation sites is 2. The molecule has 0 aliphatic carbocycles. The minimum Gasteiger partial charge on any atom is -0.253 e. The molecule has 0 radical (unpaired) electrons. The highest BCUT2D eigenvalue weighted by molar-refractivity contribution is 5.94. The van der Waals surface area contributed by atoms with E-state index in [2.05, 4.69) is 19.9 Å². The van der Waals surface area contributed by atoms with Gasteiger partial charge in [0.1, 0.15) is 0 Å². The van der Waals surface area contributed by atoms with Gasteiger partial charge in [0, 0.05) is 6.20 Å². The van der Waals surface area contributed by atoms with Crippen LogP contribution in [0.2, 0.25) is 0 Å². The van der Waals surface area contributed by atoms with Crippen LogP contribution in [0.5, 0.6) is 0 Å². The standard InChI is InChI=1S/C15H10N4/c1-9-8-16-12-6-14-15(7-13(12)17-9)19-11-5-3-2-4-10(11)18-14/h2-8H,1H3. The summed E-state index contributed by atoms with van der Waals surface area (Å²) in [5.41, 5.74) is 6.11. The monoisotopic (exact) mass is 246 g/mol. The summed E-state index contributed by atoms with van der Waals surface area (Å²) in [5.74, 6) is 0. The maximum absolute atomic E-state index is 4.63. The molecule has 0 fully saturated rings. The highest BCUT2D eigenvalue weighted by Crippen LogP contribution is 2.20. The van der Waals surface area contributed by atoms with Crippen LogP contribution in [0.15, 0.2) is 42.6 Å². The zero-order valence-corrected chi connectivity index (χ0v) is 10.3. The fraction of sp³-hybridized carbons (Fsp3) is 0.0667. The number of hydrogen-bond donors (Lipinski definition) is 0. The Hall–Kier alpha value is -2.62. The third-order valence-electron chi connectivity index (χ3n) is 3.12. The average Bonchev–Trinajstić information content (AvgIpc) is 2.43. The van der Waals surface area contributed by atoms with Crippen molar-refractivity contribution >= 4 is 33.1 Å². The van der Waals surface area contributed by atoms with Crippen molar-refractivity contribution in [2.45, 2.75) is 6.92 Å². The SMILES string of the molecule is Cc1cnc2cc3nc4ccccc4nc3cc2n1. The van der Waals surface area contributed by atoms with E-state index in [-0.39, 0.29) is 0 Å². The Bertz CT molecular complexity index is 931. The number of nitrogens with zero attached hydrogens (tertiary/aromatic N) is 4. The van der Waals surface area contributed by atoms with Crippen molar-refractivity contribution in [1.82, 2.24) is 19.9 Å². The summed E-state index contributed by atoms with van der Waals surface area (Å²) >= 11 is 0. The van der Waals surface area contributed by atoms with Crippen LogP contribution in [-0.2, 0) is 0 Å². The second-order valence-corrected chi connectivity index (χ2v) is 4.55. The molecule has 4 heteroatoms. The zero-order chi connectivity index (χ0) is 12.8. The third-order valence-corrected chi connectivity index (χ3v) is 3.12. The minimum atomic E-state index is 0.850. The van der Waals surface area contributed by atoms with Crippen LogP contribution in [0, 0.1) is 6.92 Å². The predicted octanol–water partition coefficient (Wildman–Crippen LogP) is 3.03. The smallest absolute Gasteiger partial charge is 0.0917 e. The molecule has 0 unspecified atom stereocenters. The summed E-state index contributed by atoms with van der Waals surface area (Å²) in [6.07, 6.45) is 1.77. The fourth-order valence-corrected chi connectivity index (χ4v) is 2.22. The molecular formula is C15H10N4. The Labute approximate surface area is 109 Å². The first-order valence-electron chi connectivity index (χ1n) is 6.09. The van der Waals surface area contributed by atoms with Crippen LogP contribution in [0.4, 0.5) is 0 Å². The molecule has 19 heavy (non-hydrogen) atoms. The van der Waals surface area contributed by atoms with Gasteiger partial charge in [-0.05, 0) is 31.2 Å². The molecule has 0 saturated heterocycles. The number of aromatic nitrogens is 4. The van der Waals surface area contributed by atoms with Crippen molar-refractivity contribution in [1.29, 1.82) is 0 Å². The first-order valence-corrected chi connectivity index (χ1v) is 6.09. The van der Waals surface area contributed by atoms with Crippen molar-refractivity contribution in [3.63, 3.8) is 0 Å². The summed E-state index contributed by atoms with van der Waals surface area (Å²) in [5, 5.41) is 0. The highest BCUT2D eigenvalue weighted by Gasteiger charge is 2.05. The third kappa shape index (κ3) is 1.61. The Morgan fingerprint density at radius 3 is 1.95 bits per heavy atom. The maximum Gasteiger partial charge on any atom is 0.0917 e. The molecule has 2 aromatic carbocycles. The van der Waals surface area contributed by atoms with E-state index in [4.69, 9.17) is 0 Å². The molecule has 2 heterocycles. The van der Waals surface area contributed by atoms with Crippen molar-refractivity contribution in [2.75, 3.05) is 0 Å². The number of rotatable bonds is 0. The quantitative estimate of drug-likeness (QED) is 0.447. The number of aryl methyl sites for hydroxylation is 1. The Morgan fingerprint density at radius 2 is 1.26 bits per heavy atom. The van der Waals surface area contributed by atoms with Gasteiger partial charge in [-0.2, -0.15) is 0 Å². The van der Waals surface area contributed by atoms with Crippen molar-refractivity contribution in [3.8, 4) is 0 Å². The van der Waals surface area contributed by atoms with Gasteiger partial charge in [0.15, 0.2) is 0 Å². The molecule has 0 N–H and O–H groups in total. The molecule has 0 amide bonds. The van der Waals surface area contributed by atoms with E-state index in [1.54, 1.807) is 6.20 Å². The lowest BCUT2D eigenvalue weighted by atomic mass is 10.2. The number of benzene rings is 2. The molecule has 4 rings (SSSR count). The van der Waals surface area contributed by atoms with E-state index in [0.29, 0.717) is 0 Å². The highest BCUT2D eigenvalue weighted by atomic mass is 14.8. The molecular weight excluding hydrogens is 236 g/mol. The second-order valence-electron chi connectivity index (χ2n) is 4.55. The van der Waals surface area contributed by atoms with Crippen molar-refractivity contribution in [3.05, 3.63) is 48.3 Å². The molecule has 0 aliphatic heterocycles. The summed E-state index contributed by atoms with van der Waals surface area (Å²) in [6, 6.07) is 11.8. The zero-order valence-electron chi connectivity index (χ0n) is 10.3. The minimum absolute atomic E-state index is 0.850. The van der Waals surface area contributed by atoms with Crippen LogP contribution in [0.3, 0.4) is 0 Å². The Morgan fingerprint density at radius 1 is 0.684 bits per heavy atom. The second kappa shape index (κ2) is 3.68. The lowest BCUT2D eigenvalue weighted by Gasteiger charge is -2.03. The lowest BCUT2D eigenvalue weighted by molar-refractivity contribution is 1.19. The maximum atomic E-state index is 4.63. The van der Waals surface area contributed by atoms with Crippen molar-refractivity contribution in [2.24, 2.45) is 0 Å². The van der Waals surface area contributed by atoms with Crippen LogP contribution >= 0.6 is 0 Å². The summed E-state index contributed by atoms with van der Waals surface area (Å²) in [6.45, 7) is 1.93. The Kier molecular flexibility index (Phi) is 2.00. The van der Waals surface area contributed by atoms with Crippen molar-refractivity contribution < 1.29 is 0 Å². The molecule has 0 bridgehead atoms. The first kappa shape index (κ1) is 10.3. The normalized spacial score (nSPS) is 11.4. The van der Waals surface area contributed by atoms with Gasteiger partial charge in [-0.3, -0.25) is 4.98 Å². The van der Waals surface area contributed by atoms with Gasteiger partial charge in [0.2, 0.25) is 0 Å². The van der Waals surface area contributed by atoms with Gasteiger partial charge in [-0.25, -0.2) is 15.0 Å². The van der Waals surface area contributed by atoms with Gasteiger partial charge in [-0.15, -0.1) is 0 Å². The van der Waals surface area contributed by atoms with E-state index in [0.717, 1.165) is 38.8 Å². The first-order chi connectivity index (χ1) is 9.29. The Balaban J connectivity index is 2.16. The molecule has 0 atom stereocenters. The topological polar surface area (TPSA) is 51.6 Å². The molecule has 0 spiro atoms. The summed E-state index contributed by atoms with van der Waals surface area (Å²) < 4.78 is 0. The van der Waals surface area contributed by atoms with E-state index < -0.39 is 0 Å². The van der Waals surface area contributed by atoms with E-state index in [1.165, 1.54) is 0 Å². The number of fused-ring (bicyclic) bond motifs is 3. The number of hydrogen-bond acceptors (Lipinski definition) is 4.